The van der Waals surface area contributed by atoms with Crippen LogP contribution in [0.5, 0.6) is 0 Å². The van der Waals surface area contributed by atoms with Gasteiger partial charge in [-0.1, -0.05) is 12.8 Å². The summed E-state index contributed by atoms with van der Waals surface area (Å²) in [6.07, 6.45) is -19.4. The van der Waals surface area contributed by atoms with Gasteiger partial charge in [0.05, 0.1) is 0 Å². The summed E-state index contributed by atoms with van der Waals surface area (Å²) >= 11 is 0. The van der Waals surface area contributed by atoms with E-state index in [1.165, 1.54) is 0 Å². The summed E-state index contributed by atoms with van der Waals surface area (Å²) in [5.74, 6) is -90.3. The van der Waals surface area contributed by atoms with Gasteiger partial charge in [0.2, 0.25) is 0 Å². The number of carbonyl (C=O) groups excluding carboxylic acids is 2. The van der Waals surface area contributed by atoms with Crippen molar-refractivity contribution in [2.45, 2.75) is 109 Å². The van der Waals surface area contributed by atoms with Crippen LogP contribution in [0.1, 0.15) is 25.7 Å². The topological polar surface area (TPSA) is 58.2 Å². The van der Waals surface area contributed by atoms with Crippen LogP contribution < -0.4 is 10.6 Å². The van der Waals surface area contributed by atoms with Gasteiger partial charge in [0.25, 0.3) is 11.8 Å². The predicted octanol–water partition coefficient (Wildman–Crippen LogP) is 8.01. The van der Waals surface area contributed by atoms with Crippen molar-refractivity contribution < 1.29 is 124 Å². The molecule has 0 aliphatic heterocycles. The zero-order valence-corrected chi connectivity index (χ0v) is 22.6. The van der Waals surface area contributed by atoms with E-state index in [0.29, 0.717) is 10.6 Å². The fraction of sp³-hybridized carbons (Fsp3) is 0.900. The molecule has 2 atom stereocenters. The van der Waals surface area contributed by atoms with Crippen molar-refractivity contribution in [3.63, 3.8) is 0 Å². The monoisotopic (exact) mass is 806 g/mol. The van der Waals surface area contributed by atoms with E-state index in [9.17, 15) is 124 Å². The first kappa shape index (κ1) is 45.1. The minimum atomic E-state index is -8.52. The number of rotatable bonds is 12. The number of hydrogen-bond donors (Lipinski definition) is 2. The second-order valence-corrected chi connectivity index (χ2v) is 10.2. The van der Waals surface area contributed by atoms with Crippen molar-refractivity contribution in [1.29, 1.82) is 0 Å². The maximum Gasteiger partial charge on any atom is 0.460 e. The number of nitrogens with one attached hydrogen (secondary N) is 2. The molecule has 0 aromatic heterocycles. The van der Waals surface area contributed by atoms with E-state index < -0.39 is 121 Å². The van der Waals surface area contributed by atoms with Gasteiger partial charge in [-0.3, -0.25) is 9.59 Å². The zero-order valence-electron chi connectivity index (χ0n) is 22.6. The van der Waals surface area contributed by atoms with E-state index in [1.807, 2.05) is 0 Å². The Kier molecular flexibility index (Phi) is 11.2. The summed E-state index contributed by atoms with van der Waals surface area (Å²) in [7, 11) is 0. The highest BCUT2D eigenvalue weighted by Gasteiger charge is 2.93. The van der Waals surface area contributed by atoms with Crippen molar-refractivity contribution in [3.05, 3.63) is 0 Å². The molecule has 2 amide bonds. The van der Waals surface area contributed by atoms with Gasteiger partial charge in [-0.15, -0.1) is 0 Å². The van der Waals surface area contributed by atoms with Gasteiger partial charge in [0.1, 0.15) is 0 Å². The minimum absolute atomic E-state index is 0.398. The lowest BCUT2D eigenvalue weighted by Gasteiger charge is -2.41. The highest BCUT2D eigenvalue weighted by molar-refractivity contribution is 5.86. The third kappa shape index (κ3) is 6.29. The zero-order chi connectivity index (χ0) is 40.6. The van der Waals surface area contributed by atoms with Gasteiger partial charge in [0.15, 0.2) is 0 Å². The Morgan fingerprint density at radius 1 is 0.340 bits per heavy atom. The molecule has 0 radical (unpaired) electrons. The Morgan fingerprint density at radius 3 is 0.740 bits per heavy atom. The molecule has 0 aromatic rings. The fourth-order valence-electron chi connectivity index (χ4n) is 3.82. The number of amides is 2. The summed E-state index contributed by atoms with van der Waals surface area (Å²) in [4.78, 5) is 23.5. The molecule has 0 unspecified atom stereocenters. The van der Waals surface area contributed by atoms with Gasteiger partial charge >= 0.3 is 71.6 Å². The van der Waals surface area contributed by atoms with Crippen LogP contribution in [0, 0.1) is 0 Å². The molecule has 1 aliphatic rings. The lowest BCUT2D eigenvalue weighted by atomic mass is 9.88. The highest BCUT2D eigenvalue weighted by Crippen LogP contribution is 2.62. The molecule has 1 fully saturated rings. The molecule has 4 nitrogen and oxygen atoms in total. The SMILES string of the molecule is O=C(N[C@H]1CCCC[C@@H]1NC(=O)C(F)(F)C(F)(F)C(F)(F)C(F)(F)C(F)(F)C(F)(F)F)C(F)(F)C(F)(F)C(F)(F)C(F)(F)C(F)(F)C(F)(F)F. The van der Waals surface area contributed by atoms with Crippen LogP contribution in [0.2, 0.25) is 0 Å². The van der Waals surface area contributed by atoms with Gasteiger partial charge in [-0.2, -0.15) is 114 Å². The van der Waals surface area contributed by atoms with Crippen LogP contribution in [-0.4, -0.2) is 95.5 Å². The first-order valence-corrected chi connectivity index (χ1v) is 12.0. The number of hydrogen-bond acceptors (Lipinski definition) is 2. The number of alkyl halides is 26. The second-order valence-electron chi connectivity index (χ2n) is 10.2. The number of halogens is 26. The molecule has 2 N–H and O–H groups in total. The third-order valence-corrected chi connectivity index (χ3v) is 6.84. The van der Waals surface area contributed by atoms with E-state index in [2.05, 4.69) is 0 Å². The van der Waals surface area contributed by atoms with E-state index in [1.54, 1.807) is 0 Å². The Morgan fingerprint density at radius 2 is 0.540 bits per heavy atom. The molecule has 296 valence electrons. The van der Waals surface area contributed by atoms with Crippen LogP contribution >= 0.6 is 0 Å². The minimum Gasteiger partial charge on any atom is -0.346 e. The standard InChI is InChI=1S/C20H12F26N2O2/c21-9(22,11(25,26)13(29,30)15(33,34)17(37,38)19(41,42)43)7(49)47-5-3-1-2-4-6(5)48-8(50)10(23,24)12(27,28)14(31,32)16(35,36)18(39,40)20(44,45)46/h5-6H,1-4H2,(H,47,49)(H,48,50)/t5-,6-/m0/s1. The lowest BCUT2D eigenvalue weighted by molar-refractivity contribution is -0.436. The van der Waals surface area contributed by atoms with Crippen LogP contribution in [0.25, 0.3) is 0 Å². The van der Waals surface area contributed by atoms with Crippen molar-refractivity contribution in [1.82, 2.24) is 10.6 Å². The van der Waals surface area contributed by atoms with Gasteiger partial charge in [-0.25, -0.2) is 0 Å². The Balaban J connectivity index is 3.47. The highest BCUT2D eigenvalue weighted by atomic mass is 19.4. The van der Waals surface area contributed by atoms with E-state index >= 15 is 0 Å². The molecule has 0 bridgehead atoms. The summed E-state index contributed by atoms with van der Waals surface area (Å²) in [6.45, 7) is 0. The summed E-state index contributed by atoms with van der Waals surface area (Å²) < 4.78 is 345. The molecule has 30 heteroatoms. The van der Waals surface area contributed by atoms with Gasteiger partial charge < -0.3 is 10.6 Å². The van der Waals surface area contributed by atoms with Gasteiger partial charge in [0, 0.05) is 12.1 Å². The summed E-state index contributed by atoms with van der Waals surface area (Å²) in [5.41, 5.74) is 0. The summed E-state index contributed by atoms with van der Waals surface area (Å²) in [6, 6.07) is -5.71. The first-order valence-electron chi connectivity index (χ1n) is 12.0. The molecule has 1 rings (SSSR count). The molecule has 50 heavy (non-hydrogen) atoms. The van der Waals surface area contributed by atoms with Crippen LogP contribution in [0.15, 0.2) is 0 Å². The van der Waals surface area contributed by atoms with Crippen LogP contribution in [-0.2, 0) is 9.59 Å². The Labute approximate surface area is 256 Å². The fourth-order valence-corrected chi connectivity index (χ4v) is 3.82. The molecular formula is C20H12F26N2O2. The van der Waals surface area contributed by atoms with E-state index in [4.69, 9.17) is 0 Å². The maximum atomic E-state index is 14.1. The lowest BCUT2D eigenvalue weighted by Crippen LogP contribution is -2.73. The van der Waals surface area contributed by atoms with E-state index in [-0.39, 0.29) is 0 Å². The van der Waals surface area contributed by atoms with E-state index in [0.717, 1.165) is 0 Å². The Hall–Kier alpha value is -2.88. The van der Waals surface area contributed by atoms with Crippen molar-refractivity contribution >= 4 is 11.8 Å². The molecule has 0 spiro atoms. The maximum absolute atomic E-state index is 14.1. The summed E-state index contributed by atoms with van der Waals surface area (Å²) in [5, 5.41) is 0.796. The van der Waals surface area contributed by atoms with Crippen molar-refractivity contribution in [2.24, 2.45) is 0 Å². The Bertz CT molecular complexity index is 1170. The number of carbonyl (C=O) groups is 2. The third-order valence-electron chi connectivity index (χ3n) is 6.84. The molecule has 0 heterocycles. The van der Waals surface area contributed by atoms with Crippen LogP contribution in [0.4, 0.5) is 114 Å². The molecule has 1 saturated carbocycles. The van der Waals surface area contributed by atoms with Crippen molar-refractivity contribution in [3.8, 4) is 0 Å². The van der Waals surface area contributed by atoms with Gasteiger partial charge in [-0.05, 0) is 12.8 Å². The van der Waals surface area contributed by atoms with Crippen LogP contribution in [0.3, 0.4) is 0 Å². The van der Waals surface area contributed by atoms with Crippen molar-refractivity contribution in [2.75, 3.05) is 0 Å². The first-order chi connectivity index (χ1) is 21.5. The smallest absolute Gasteiger partial charge is 0.346 e. The average Bonchev–Trinajstić information content (AvgIpc) is 2.91. The normalized spacial score (nSPS) is 20.4. The molecule has 0 aromatic carbocycles. The predicted molar refractivity (Wildman–Crippen MR) is 104 cm³/mol. The quantitative estimate of drug-likeness (QED) is 0.197. The largest absolute Gasteiger partial charge is 0.460 e. The molecule has 0 saturated heterocycles. The second kappa shape index (κ2) is 12.4. The molecular weight excluding hydrogens is 794 g/mol. The average molecular weight is 806 g/mol. The molecule has 1 aliphatic carbocycles.